The van der Waals surface area contributed by atoms with Gasteiger partial charge in [-0.05, 0) is 50.6 Å². The van der Waals surface area contributed by atoms with Gasteiger partial charge in [0.25, 0.3) is 0 Å². The first-order valence-electron chi connectivity index (χ1n) is 5.31. The van der Waals surface area contributed by atoms with Gasteiger partial charge in [0.05, 0.1) is 0 Å². The monoisotopic (exact) mass is 200 g/mol. The van der Waals surface area contributed by atoms with E-state index in [0.717, 1.165) is 24.4 Å². The van der Waals surface area contributed by atoms with Gasteiger partial charge in [0.2, 0.25) is 0 Å². The molecule has 0 amide bonds. The summed E-state index contributed by atoms with van der Waals surface area (Å²) in [6.07, 6.45) is 2.71. The molecule has 13 heavy (non-hydrogen) atoms. The number of thioether (sulfide) groups is 1. The van der Waals surface area contributed by atoms with Crippen molar-refractivity contribution in [1.29, 1.82) is 0 Å². The maximum atomic E-state index is 5.83. The zero-order valence-corrected chi connectivity index (χ0v) is 9.22. The first-order valence-corrected chi connectivity index (χ1v) is 6.46. The van der Waals surface area contributed by atoms with Crippen LogP contribution in [0.3, 0.4) is 0 Å². The van der Waals surface area contributed by atoms with Crippen LogP contribution in [0, 0.1) is 11.8 Å². The van der Waals surface area contributed by atoms with Crippen molar-refractivity contribution in [2.45, 2.75) is 18.9 Å². The summed E-state index contributed by atoms with van der Waals surface area (Å²) in [5.74, 6) is 4.38. The van der Waals surface area contributed by atoms with Crippen molar-refractivity contribution in [2.75, 3.05) is 31.6 Å². The van der Waals surface area contributed by atoms with E-state index in [-0.39, 0.29) is 0 Å². The van der Waals surface area contributed by atoms with Crippen LogP contribution in [0.25, 0.3) is 0 Å². The molecule has 2 N–H and O–H groups in total. The molecule has 2 rings (SSSR count). The van der Waals surface area contributed by atoms with Gasteiger partial charge in [0, 0.05) is 11.8 Å². The van der Waals surface area contributed by atoms with Crippen LogP contribution in [0.2, 0.25) is 0 Å². The van der Waals surface area contributed by atoms with Crippen LogP contribution in [0.1, 0.15) is 12.8 Å². The highest BCUT2D eigenvalue weighted by molar-refractivity contribution is 7.99. The Balaban J connectivity index is 2.05. The average molecular weight is 200 g/mol. The molecule has 0 spiro atoms. The Hall–Kier alpha value is 0.270. The predicted octanol–water partition coefficient (Wildman–Crippen LogP) is 1.02. The topological polar surface area (TPSA) is 29.3 Å². The van der Waals surface area contributed by atoms with E-state index < -0.39 is 0 Å². The van der Waals surface area contributed by atoms with E-state index in [0.29, 0.717) is 0 Å². The van der Waals surface area contributed by atoms with Gasteiger partial charge in [-0.3, -0.25) is 0 Å². The molecule has 0 aliphatic carbocycles. The van der Waals surface area contributed by atoms with E-state index in [1.807, 2.05) is 0 Å². The van der Waals surface area contributed by atoms with Gasteiger partial charge in [-0.15, -0.1) is 0 Å². The molecule has 0 bridgehead atoms. The number of hydrogen-bond acceptors (Lipinski definition) is 3. The standard InChI is InChI=1S/C10H20N2S/c1-12-4-2-8(6-11)9-3-5-13-7-10(9)12/h8-10H,2-7,11H2,1H3. The lowest BCUT2D eigenvalue weighted by Crippen LogP contribution is -2.51. The lowest BCUT2D eigenvalue weighted by Gasteiger charge is -2.46. The average Bonchev–Trinajstić information content (AvgIpc) is 2.19. The Morgan fingerprint density at radius 1 is 1.46 bits per heavy atom. The van der Waals surface area contributed by atoms with Crippen molar-refractivity contribution in [2.24, 2.45) is 17.6 Å². The number of piperidine rings is 1. The summed E-state index contributed by atoms with van der Waals surface area (Å²) in [5.41, 5.74) is 5.83. The zero-order valence-electron chi connectivity index (χ0n) is 8.41. The van der Waals surface area contributed by atoms with Gasteiger partial charge in [-0.1, -0.05) is 0 Å². The summed E-state index contributed by atoms with van der Waals surface area (Å²) in [5, 5.41) is 0. The largest absolute Gasteiger partial charge is 0.330 e. The summed E-state index contributed by atoms with van der Waals surface area (Å²) in [6.45, 7) is 2.16. The molecule has 3 atom stereocenters. The molecule has 76 valence electrons. The number of nitrogens with zero attached hydrogens (tertiary/aromatic N) is 1. The third kappa shape index (κ3) is 1.88. The fraction of sp³-hybridized carbons (Fsp3) is 1.00. The van der Waals surface area contributed by atoms with Gasteiger partial charge in [-0.25, -0.2) is 0 Å². The molecule has 2 heterocycles. The lowest BCUT2D eigenvalue weighted by molar-refractivity contribution is 0.0813. The number of hydrogen-bond donors (Lipinski definition) is 1. The second-order valence-corrected chi connectivity index (χ2v) is 5.51. The van der Waals surface area contributed by atoms with E-state index in [1.165, 1.54) is 30.9 Å². The van der Waals surface area contributed by atoms with Crippen molar-refractivity contribution in [1.82, 2.24) is 4.90 Å². The first kappa shape index (κ1) is 9.81. The van der Waals surface area contributed by atoms with E-state index >= 15 is 0 Å². The SMILES string of the molecule is CN1CCC(CN)C2CCSCC21. The predicted molar refractivity (Wildman–Crippen MR) is 59.0 cm³/mol. The molecule has 2 fully saturated rings. The molecule has 3 heteroatoms. The van der Waals surface area contributed by atoms with E-state index in [1.54, 1.807) is 0 Å². The highest BCUT2D eigenvalue weighted by atomic mass is 32.2. The van der Waals surface area contributed by atoms with Crippen LogP contribution in [-0.2, 0) is 0 Å². The molecule has 2 nitrogen and oxygen atoms in total. The summed E-state index contributed by atoms with van der Waals surface area (Å²) in [4.78, 5) is 2.54. The molecule has 2 aliphatic rings. The zero-order chi connectivity index (χ0) is 9.26. The maximum absolute atomic E-state index is 5.83. The summed E-state index contributed by atoms with van der Waals surface area (Å²) < 4.78 is 0. The van der Waals surface area contributed by atoms with Crippen LogP contribution in [-0.4, -0.2) is 42.6 Å². The third-order valence-corrected chi connectivity index (χ3v) is 4.81. The van der Waals surface area contributed by atoms with Gasteiger partial charge in [-0.2, -0.15) is 11.8 Å². The number of nitrogens with two attached hydrogens (primary N) is 1. The van der Waals surface area contributed by atoms with Crippen molar-refractivity contribution < 1.29 is 0 Å². The minimum atomic E-state index is 0.807. The maximum Gasteiger partial charge on any atom is 0.0214 e. The van der Waals surface area contributed by atoms with Gasteiger partial charge >= 0.3 is 0 Å². The van der Waals surface area contributed by atoms with Crippen LogP contribution >= 0.6 is 11.8 Å². The van der Waals surface area contributed by atoms with Crippen LogP contribution in [0.4, 0.5) is 0 Å². The molecule has 0 saturated carbocycles. The Morgan fingerprint density at radius 3 is 3.08 bits per heavy atom. The molecule has 0 aromatic heterocycles. The quantitative estimate of drug-likeness (QED) is 0.685. The van der Waals surface area contributed by atoms with Crippen molar-refractivity contribution >= 4 is 11.8 Å². The fourth-order valence-electron chi connectivity index (χ4n) is 2.79. The third-order valence-electron chi connectivity index (χ3n) is 3.71. The number of rotatable bonds is 1. The van der Waals surface area contributed by atoms with Gasteiger partial charge in [0.15, 0.2) is 0 Å². The minimum absolute atomic E-state index is 0.807. The summed E-state index contributed by atoms with van der Waals surface area (Å²) in [6, 6.07) is 0.820. The highest BCUT2D eigenvalue weighted by Gasteiger charge is 2.37. The Kier molecular flexibility index (Phi) is 3.17. The molecule has 2 aliphatic heterocycles. The van der Waals surface area contributed by atoms with E-state index in [9.17, 15) is 0 Å². The Bertz CT molecular complexity index is 174. The molecule has 0 aromatic rings. The summed E-state index contributed by atoms with van der Waals surface area (Å²) >= 11 is 2.11. The van der Waals surface area contributed by atoms with Crippen LogP contribution < -0.4 is 5.73 Å². The fourth-order valence-corrected chi connectivity index (χ4v) is 4.13. The number of likely N-dealkylation sites (tertiary alicyclic amines) is 1. The first-order chi connectivity index (χ1) is 6.33. The Labute approximate surface area is 85.2 Å². The smallest absolute Gasteiger partial charge is 0.0214 e. The second kappa shape index (κ2) is 4.20. The molecule has 0 radical (unpaired) electrons. The highest BCUT2D eigenvalue weighted by Crippen LogP contribution is 2.36. The molecule has 2 saturated heterocycles. The Morgan fingerprint density at radius 2 is 2.31 bits per heavy atom. The second-order valence-electron chi connectivity index (χ2n) is 4.36. The van der Waals surface area contributed by atoms with Crippen molar-refractivity contribution in [3.63, 3.8) is 0 Å². The van der Waals surface area contributed by atoms with Crippen molar-refractivity contribution in [3.05, 3.63) is 0 Å². The van der Waals surface area contributed by atoms with Gasteiger partial charge in [0.1, 0.15) is 0 Å². The normalized spacial score (nSPS) is 41.5. The van der Waals surface area contributed by atoms with E-state index in [4.69, 9.17) is 5.73 Å². The molecule has 3 unspecified atom stereocenters. The summed E-state index contributed by atoms with van der Waals surface area (Å²) in [7, 11) is 2.27. The minimum Gasteiger partial charge on any atom is -0.330 e. The molecular formula is C10H20N2S. The van der Waals surface area contributed by atoms with Crippen LogP contribution in [0.15, 0.2) is 0 Å². The van der Waals surface area contributed by atoms with Crippen molar-refractivity contribution in [3.8, 4) is 0 Å². The van der Waals surface area contributed by atoms with E-state index in [2.05, 4.69) is 23.7 Å². The lowest BCUT2D eigenvalue weighted by atomic mass is 9.78. The number of fused-ring (bicyclic) bond motifs is 1. The molecule has 0 aromatic carbocycles. The van der Waals surface area contributed by atoms with Crippen LogP contribution in [0.5, 0.6) is 0 Å². The molecular weight excluding hydrogens is 180 g/mol. The van der Waals surface area contributed by atoms with Gasteiger partial charge < -0.3 is 10.6 Å².